The van der Waals surface area contributed by atoms with Gasteiger partial charge in [0.1, 0.15) is 5.82 Å². The molecule has 0 spiro atoms. The molecular formula is C21H24FN5. The van der Waals surface area contributed by atoms with E-state index in [0.29, 0.717) is 24.7 Å². The van der Waals surface area contributed by atoms with Crippen molar-refractivity contribution in [3.8, 4) is 5.69 Å². The van der Waals surface area contributed by atoms with Crippen LogP contribution in [0.3, 0.4) is 0 Å². The van der Waals surface area contributed by atoms with Crippen LogP contribution in [-0.4, -0.2) is 22.1 Å². The zero-order chi connectivity index (χ0) is 19.1. The number of nitrogens with one attached hydrogen (secondary N) is 2. The van der Waals surface area contributed by atoms with Crippen LogP contribution in [-0.2, 0) is 13.1 Å². The largest absolute Gasteiger partial charge is 0.357 e. The fourth-order valence-corrected chi connectivity index (χ4v) is 2.66. The Morgan fingerprint density at radius 1 is 1.11 bits per heavy atom. The van der Waals surface area contributed by atoms with E-state index in [1.165, 1.54) is 17.2 Å². The molecule has 3 aromatic rings. The van der Waals surface area contributed by atoms with Gasteiger partial charge in [0, 0.05) is 25.5 Å². The molecule has 0 fully saturated rings. The molecule has 0 amide bonds. The Hall–Kier alpha value is -3.15. The van der Waals surface area contributed by atoms with Crippen molar-refractivity contribution in [3.05, 3.63) is 83.7 Å². The van der Waals surface area contributed by atoms with Crippen molar-refractivity contribution in [2.75, 3.05) is 6.54 Å². The van der Waals surface area contributed by atoms with Gasteiger partial charge in [-0.05, 0) is 37.1 Å². The van der Waals surface area contributed by atoms with Gasteiger partial charge < -0.3 is 15.2 Å². The van der Waals surface area contributed by atoms with E-state index in [1.54, 1.807) is 29.4 Å². The third-order valence-electron chi connectivity index (χ3n) is 4.14. The number of hydrogen-bond donors (Lipinski definition) is 2. The zero-order valence-corrected chi connectivity index (χ0v) is 15.6. The van der Waals surface area contributed by atoms with Crippen LogP contribution in [0, 0.1) is 12.7 Å². The maximum absolute atomic E-state index is 14.4. The van der Waals surface area contributed by atoms with E-state index in [-0.39, 0.29) is 5.82 Å². The number of guanidine groups is 1. The Labute approximate surface area is 159 Å². The first-order valence-corrected chi connectivity index (χ1v) is 9.00. The van der Waals surface area contributed by atoms with Crippen molar-refractivity contribution >= 4 is 5.96 Å². The van der Waals surface area contributed by atoms with Gasteiger partial charge in [-0.25, -0.2) is 14.4 Å². The standard InChI is InChI=1S/C21H24FN5/c1-3-24-21(25-13-17-6-4-16(2)5-7-17)26-14-18-8-9-20(19(22)12-18)27-11-10-23-15-27/h4-12,15H,3,13-14H2,1-2H3,(H2,24,25,26). The first-order chi connectivity index (χ1) is 13.2. The molecule has 1 heterocycles. The van der Waals surface area contributed by atoms with Crippen LogP contribution >= 0.6 is 0 Å². The van der Waals surface area contributed by atoms with Gasteiger partial charge in [0.15, 0.2) is 5.96 Å². The van der Waals surface area contributed by atoms with Gasteiger partial charge in [-0.2, -0.15) is 0 Å². The van der Waals surface area contributed by atoms with E-state index in [4.69, 9.17) is 0 Å². The van der Waals surface area contributed by atoms with Crippen molar-refractivity contribution in [1.29, 1.82) is 0 Å². The van der Waals surface area contributed by atoms with Crippen LogP contribution in [0.4, 0.5) is 4.39 Å². The molecule has 0 bridgehead atoms. The van der Waals surface area contributed by atoms with Crippen molar-refractivity contribution < 1.29 is 4.39 Å². The molecule has 27 heavy (non-hydrogen) atoms. The summed E-state index contributed by atoms with van der Waals surface area (Å²) in [4.78, 5) is 8.51. The number of aliphatic imine (C=N–C) groups is 1. The number of nitrogens with zero attached hydrogens (tertiary/aromatic N) is 3. The van der Waals surface area contributed by atoms with E-state index in [0.717, 1.165) is 12.1 Å². The molecule has 0 atom stereocenters. The molecule has 0 saturated heterocycles. The minimum atomic E-state index is -0.293. The first-order valence-electron chi connectivity index (χ1n) is 9.00. The Morgan fingerprint density at radius 2 is 1.89 bits per heavy atom. The molecule has 0 saturated carbocycles. The van der Waals surface area contributed by atoms with Gasteiger partial charge in [-0.1, -0.05) is 35.9 Å². The van der Waals surface area contributed by atoms with Gasteiger partial charge in [0.25, 0.3) is 0 Å². The molecule has 0 aliphatic heterocycles. The van der Waals surface area contributed by atoms with Crippen molar-refractivity contribution in [2.45, 2.75) is 26.9 Å². The Balaban J connectivity index is 1.65. The van der Waals surface area contributed by atoms with Crippen LogP contribution in [0.1, 0.15) is 23.6 Å². The van der Waals surface area contributed by atoms with Crippen molar-refractivity contribution in [3.63, 3.8) is 0 Å². The zero-order valence-electron chi connectivity index (χ0n) is 15.6. The predicted octanol–water partition coefficient (Wildman–Crippen LogP) is 3.58. The van der Waals surface area contributed by atoms with Crippen LogP contribution in [0.15, 0.2) is 66.2 Å². The quantitative estimate of drug-likeness (QED) is 0.519. The molecule has 2 N–H and O–H groups in total. The normalized spacial score (nSPS) is 11.4. The average molecular weight is 365 g/mol. The number of benzene rings is 2. The monoisotopic (exact) mass is 365 g/mol. The number of rotatable bonds is 6. The SMILES string of the molecule is CCNC(=NCc1ccc(-n2ccnc2)c(F)c1)NCc1ccc(C)cc1. The maximum Gasteiger partial charge on any atom is 0.191 e. The molecule has 3 rings (SSSR count). The lowest BCUT2D eigenvalue weighted by Gasteiger charge is -2.12. The highest BCUT2D eigenvalue weighted by molar-refractivity contribution is 5.79. The molecule has 5 nitrogen and oxygen atoms in total. The van der Waals surface area contributed by atoms with E-state index < -0.39 is 0 Å². The van der Waals surface area contributed by atoms with Crippen LogP contribution in [0.5, 0.6) is 0 Å². The number of aromatic nitrogens is 2. The Morgan fingerprint density at radius 3 is 2.56 bits per heavy atom. The minimum absolute atomic E-state index is 0.293. The Bertz CT molecular complexity index is 885. The van der Waals surface area contributed by atoms with Crippen LogP contribution in [0.2, 0.25) is 0 Å². The topological polar surface area (TPSA) is 54.2 Å². The second-order valence-electron chi connectivity index (χ2n) is 6.29. The van der Waals surface area contributed by atoms with E-state index in [2.05, 4.69) is 51.8 Å². The third kappa shape index (κ3) is 5.17. The fraction of sp³-hybridized carbons (Fsp3) is 0.238. The van der Waals surface area contributed by atoms with Crippen LogP contribution in [0.25, 0.3) is 5.69 Å². The summed E-state index contributed by atoms with van der Waals surface area (Å²) in [5.74, 6) is 0.412. The van der Waals surface area contributed by atoms with Crippen molar-refractivity contribution in [2.24, 2.45) is 4.99 Å². The molecular weight excluding hydrogens is 341 g/mol. The number of hydrogen-bond acceptors (Lipinski definition) is 2. The lowest BCUT2D eigenvalue weighted by molar-refractivity contribution is 0.615. The molecule has 140 valence electrons. The summed E-state index contributed by atoms with van der Waals surface area (Å²) in [7, 11) is 0. The minimum Gasteiger partial charge on any atom is -0.357 e. The lowest BCUT2D eigenvalue weighted by Crippen LogP contribution is -2.36. The summed E-state index contributed by atoms with van der Waals surface area (Å²) in [5.41, 5.74) is 3.70. The summed E-state index contributed by atoms with van der Waals surface area (Å²) < 4.78 is 16.0. The summed E-state index contributed by atoms with van der Waals surface area (Å²) >= 11 is 0. The molecule has 6 heteroatoms. The molecule has 0 radical (unpaired) electrons. The van der Waals surface area contributed by atoms with Gasteiger partial charge >= 0.3 is 0 Å². The Kier molecular flexibility index (Phi) is 6.20. The number of imidazole rings is 1. The molecule has 0 aliphatic rings. The van der Waals surface area contributed by atoms with E-state index >= 15 is 0 Å². The number of halogens is 1. The fourth-order valence-electron chi connectivity index (χ4n) is 2.66. The molecule has 2 aromatic carbocycles. The smallest absolute Gasteiger partial charge is 0.191 e. The second-order valence-corrected chi connectivity index (χ2v) is 6.29. The van der Waals surface area contributed by atoms with Crippen molar-refractivity contribution in [1.82, 2.24) is 20.2 Å². The maximum atomic E-state index is 14.4. The highest BCUT2D eigenvalue weighted by atomic mass is 19.1. The average Bonchev–Trinajstić information content (AvgIpc) is 3.20. The first kappa shape index (κ1) is 18.6. The van der Waals surface area contributed by atoms with Gasteiger partial charge in [-0.15, -0.1) is 0 Å². The molecule has 0 aliphatic carbocycles. The summed E-state index contributed by atoms with van der Waals surface area (Å²) in [6.45, 7) is 5.92. The summed E-state index contributed by atoms with van der Waals surface area (Å²) in [5, 5.41) is 6.52. The summed E-state index contributed by atoms with van der Waals surface area (Å²) in [6.07, 6.45) is 4.92. The third-order valence-corrected chi connectivity index (χ3v) is 4.14. The van der Waals surface area contributed by atoms with E-state index in [1.807, 2.05) is 13.0 Å². The second kappa shape index (κ2) is 8.98. The number of aryl methyl sites for hydroxylation is 1. The lowest BCUT2D eigenvalue weighted by atomic mass is 10.1. The highest BCUT2D eigenvalue weighted by Crippen LogP contribution is 2.15. The van der Waals surface area contributed by atoms with Crippen LogP contribution < -0.4 is 10.6 Å². The molecule has 0 unspecified atom stereocenters. The van der Waals surface area contributed by atoms with Gasteiger partial charge in [0.05, 0.1) is 18.6 Å². The van der Waals surface area contributed by atoms with Gasteiger partial charge in [0.2, 0.25) is 0 Å². The van der Waals surface area contributed by atoms with Gasteiger partial charge in [-0.3, -0.25) is 0 Å². The highest BCUT2D eigenvalue weighted by Gasteiger charge is 2.06. The summed E-state index contributed by atoms with van der Waals surface area (Å²) in [6, 6.07) is 13.5. The molecule has 1 aromatic heterocycles. The van der Waals surface area contributed by atoms with E-state index in [9.17, 15) is 4.39 Å². The predicted molar refractivity (Wildman–Crippen MR) is 106 cm³/mol.